The van der Waals surface area contributed by atoms with Gasteiger partial charge in [0.05, 0.1) is 18.1 Å². The number of likely N-dealkylation sites (tertiary alicyclic amines) is 1. The monoisotopic (exact) mass is 527 g/mol. The van der Waals surface area contributed by atoms with Gasteiger partial charge in [0.15, 0.2) is 5.76 Å². The maximum absolute atomic E-state index is 8.12. The molecule has 1 aromatic carbocycles. The van der Waals surface area contributed by atoms with Crippen molar-refractivity contribution in [3.05, 3.63) is 89.8 Å². The number of fused-ring (bicyclic) bond motifs is 2. The Labute approximate surface area is 230 Å². The van der Waals surface area contributed by atoms with Crippen LogP contribution in [0.15, 0.2) is 88.4 Å². The molecule has 0 amide bonds. The van der Waals surface area contributed by atoms with E-state index in [4.69, 9.17) is 29.4 Å². The Morgan fingerprint density at radius 1 is 1.08 bits per heavy atom. The number of furan rings is 1. The van der Waals surface area contributed by atoms with Crippen molar-refractivity contribution >= 4 is 23.0 Å². The van der Waals surface area contributed by atoms with Gasteiger partial charge in [0.1, 0.15) is 11.3 Å². The lowest BCUT2D eigenvalue weighted by molar-refractivity contribution is 0.170. The molecule has 0 spiro atoms. The number of piperidine rings is 1. The van der Waals surface area contributed by atoms with E-state index < -0.39 is 6.08 Å². The number of nitrogens with zero attached hydrogens (tertiary/aromatic N) is 1. The van der Waals surface area contributed by atoms with Crippen LogP contribution >= 0.6 is 0 Å². The van der Waals surface area contributed by atoms with Gasteiger partial charge >= 0.3 is 6.08 Å². The Morgan fingerprint density at radius 3 is 2.72 bits per heavy atom. The minimum absolute atomic E-state index is 0.207. The van der Waals surface area contributed by atoms with Crippen molar-refractivity contribution in [1.82, 2.24) is 4.90 Å². The zero-order valence-electron chi connectivity index (χ0n) is 22.7. The standard InChI is InChI=1S/C32H37N3O4/c1-22(2)37-32(34)39-31(33)30-21-27-28(12-6-13-29(27)38-30)36-19-7-16-35-17-14-24(15-18-35)26-11-5-10-23-8-3-4-9-25(23)20-26/h3-6,8-13,20-24,33-34H,7,14-19H2,1-2H3. The van der Waals surface area contributed by atoms with Crippen LogP contribution in [0.25, 0.3) is 11.0 Å². The highest BCUT2D eigenvalue weighted by Gasteiger charge is 2.23. The fourth-order valence-electron chi connectivity index (χ4n) is 5.29. The molecule has 5 rings (SSSR count). The first-order chi connectivity index (χ1) is 19.0. The van der Waals surface area contributed by atoms with Crippen LogP contribution in [0.3, 0.4) is 0 Å². The summed E-state index contributed by atoms with van der Waals surface area (Å²) in [6.07, 6.45) is 20.6. The molecular weight excluding hydrogens is 490 g/mol. The van der Waals surface area contributed by atoms with Crippen LogP contribution < -0.4 is 4.74 Å². The fourth-order valence-corrected chi connectivity index (χ4v) is 5.29. The van der Waals surface area contributed by atoms with Gasteiger partial charge < -0.3 is 23.5 Å². The number of benzene rings is 1. The largest absolute Gasteiger partial charge is 0.493 e. The summed E-state index contributed by atoms with van der Waals surface area (Å²) in [5, 5.41) is 16.6. The van der Waals surface area contributed by atoms with E-state index in [2.05, 4.69) is 53.5 Å². The molecular formula is C32H37N3O4. The first-order valence-corrected chi connectivity index (χ1v) is 13.8. The smallest absolute Gasteiger partial charge is 0.387 e. The van der Waals surface area contributed by atoms with Crippen LogP contribution in [0.5, 0.6) is 5.75 Å². The summed E-state index contributed by atoms with van der Waals surface area (Å²) in [5.41, 5.74) is 3.46. The van der Waals surface area contributed by atoms with E-state index in [0.717, 1.165) is 31.4 Å². The van der Waals surface area contributed by atoms with Crippen LogP contribution in [0, 0.1) is 22.7 Å². The second-order valence-corrected chi connectivity index (χ2v) is 10.4. The van der Waals surface area contributed by atoms with Gasteiger partial charge in [0, 0.05) is 18.5 Å². The molecule has 1 aliphatic heterocycles. The quantitative estimate of drug-likeness (QED) is 0.224. The third kappa shape index (κ3) is 6.79. The highest BCUT2D eigenvalue weighted by Crippen LogP contribution is 2.32. The van der Waals surface area contributed by atoms with Crippen LogP contribution in [0.1, 0.15) is 38.9 Å². The number of hydrogen-bond donors (Lipinski definition) is 2. The number of ether oxygens (including phenoxy) is 3. The molecule has 204 valence electrons. The SMILES string of the molecule is CC(C)OC(=N)OC(=N)c1cc2c(OCCCN3CCC(C4=CC=CC5C=CC=CC5=C4)CC3)cccc2o1. The van der Waals surface area contributed by atoms with Gasteiger partial charge in [0.2, 0.25) is 0 Å². The predicted molar refractivity (Wildman–Crippen MR) is 154 cm³/mol. The van der Waals surface area contributed by atoms with Crippen molar-refractivity contribution in [1.29, 1.82) is 10.8 Å². The summed E-state index contributed by atoms with van der Waals surface area (Å²) in [5.74, 6) is 1.69. The second-order valence-electron chi connectivity index (χ2n) is 10.4. The molecule has 2 aliphatic carbocycles. The van der Waals surface area contributed by atoms with Crippen molar-refractivity contribution in [2.45, 2.75) is 39.2 Å². The van der Waals surface area contributed by atoms with Crippen LogP contribution in [-0.4, -0.2) is 49.2 Å². The maximum Gasteiger partial charge on any atom is 0.387 e. The van der Waals surface area contributed by atoms with Gasteiger partial charge in [-0.05, 0) is 75.4 Å². The topological polar surface area (TPSA) is 91.8 Å². The Kier molecular flexibility index (Phi) is 8.47. The molecule has 0 saturated carbocycles. The van der Waals surface area contributed by atoms with Crippen LogP contribution in [-0.2, 0) is 9.47 Å². The molecule has 2 heterocycles. The minimum atomic E-state index is -0.428. The molecule has 1 fully saturated rings. The van der Waals surface area contributed by atoms with E-state index in [1.165, 1.54) is 24.0 Å². The Balaban J connectivity index is 1.09. The molecule has 1 atom stereocenters. The number of nitrogens with one attached hydrogen (secondary N) is 2. The Morgan fingerprint density at radius 2 is 1.90 bits per heavy atom. The molecule has 0 radical (unpaired) electrons. The maximum atomic E-state index is 8.12. The highest BCUT2D eigenvalue weighted by molar-refractivity contribution is 5.99. The van der Waals surface area contributed by atoms with E-state index in [1.807, 2.05) is 18.2 Å². The lowest BCUT2D eigenvalue weighted by Crippen LogP contribution is -2.35. The third-order valence-corrected chi connectivity index (χ3v) is 7.26. The van der Waals surface area contributed by atoms with Crippen molar-refractivity contribution < 1.29 is 18.6 Å². The number of rotatable bonds is 8. The van der Waals surface area contributed by atoms with Crippen molar-refractivity contribution in [2.75, 3.05) is 26.2 Å². The summed E-state index contributed by atoms with van der Waals surface area (Å²) in [4.78, 5) is 2.54. The summed E-state index contributed by atoms with van der Waals surface area (Å²) in [6, 6.07) is 7.33. The molecule has 1 saturated heterocycles. The van der Waals surface area contributed by atoms with Gasteiger partial charge in [-0.15, -0.1) is 0 Å². The van der Waals surface area contributed by atoms with Crippen molar-refractivity contribution in [3.63, 3.8) is 0 Å². The molecule has 39 heavy (non-hydrogen) atoms. The van der Waals surface area contributed by atoms with E-state index in [0.29, 0.717) is 29.8 Å². The molecule has 7 nitrogen and oxygen atoms in total. The van der Waals surface area contributed by atoms with E-state index >= 15 is 0 Å². The average molecular weight is 528 g/mol. The summed E-state index contributed by atoms with van der Waals surface area (Å²) < 4.78 is 22.2. The molecule has 7 heteroatoms. The average Bonchev–Trinajstić information content (AvgIpc) is 3.25. The van der Waals surface area contributed by atoms with E-state index in [1.54, 1.807) is 19.9 Å². The van der Waals surface area contributed by atoms with Crippen molar-refractivity contribution in [3.8, 4) is 5.75 Å². The molecule has 0 bridgehead atoms. The molecule has 2 N–H and O–H groups in total. The van der Waals surface area contributed by atoms with E-state index in [9.17, 15) is 0 Å². The summed E-state index contributed by atoms with van der Waals surface area (Å²) in [7, 11) is 0. The predicted octanol–water partition coefficient (Wildman–Crippen LogP) is 6.78. The van der Waals surface area contributed by atoms with Gasteiger partial charge in [-0.3, -0.25) is 5.41 Å². The lowest BCUT2D eigenvalue weighted by Gasteiger charge is -2.32. The van der Waals surface area contributed by atoms with E-state index in [-0.39, 0.29) is 17.8 Å². The van der Waals surface area contributed by atoms with Crippen LogP contribution in [0.2, 0.25) is 0 Å². The number of allylic oxidation sites excluding steroid dienone is 10. The Hall–Kier alpha value is -3.84. The summed E-state index contributed by atoms with van der Waals surface area (Å²) >= 11 is 0. The third-order valence-electron chi connectivity index (χ3n) is 7.26. The normalized spacial score (nSPS) is 19.4. The fraction of sp³-hybridized carbons (Fsp3) is 0.375. The Bertz CT molecular complexity index is 1350. The zero-order chi connectivity index (χ0) is 27.2. The van der Waals surface area contributed by atoms with Gasteiger partial charge in [-0.2, -0.15) is 0 Å². The van der Waals surface area contributed by atoms with Gasteiger partial charge in [-0.25, -0.2) is 5.41 Å². The van der Waals surface area contributed by atoms with Crippen LogP contribution in [0.4, 0.5) is 0 Å². The zero-order valence-corrected chi connectivity index (χ0v) is 22.7. The van der Waals surface area contributed by atoms with Gasteiger partial charge in [0.25, 0.3) is 5.90 Å². The first kappa shape index (κ1) is 26.8. The molecule has 2 aromatic rings. The summed E-state index contributed by atoms with van der Waals surface area (Å²) in [6.45, 7) is 7.40. The minimum Gasteiger partial charge on any atom is -0.493 e. The number of hydrogen-bond acceptors (Lipinski definition) is 7. The molecule has 1 aromatic heterocycles. The lowest BCUT2D eigenvalue weighted by atomic mass is 9.86. The first-order valence-electron chi connectivity index (χ1n) is 13.8. The van der Waals surface area contributed by atoms with Gasteiger partial charge in [-0.1, -0.05) is 54.7 Å². The van der Waals surface area contributed by atoms with Crippen molar-refractivity contribution in [2.24, 2.45) is 11.8 Å². The second kappa shape index (κ2) is 12.3. The highest BCUT2D eigenvalue weighted by atomic mass is 16.7. The molecule has 1 unspecified atom stereocenters. The molecule has 3 aliphatic rings.